The standard InChI is InChI=1S/C23H16Cl2F4N2O/c1-12(21-18(25)4-3-5-19(21)26)31(2)20-9-7-13(11-16(20)23(27,28)29)15-10-14(22(30)32)6-8-17(15)24/h3-11H,1H2,2H3,(H2,30,32). The third-order valence-corrected chi connectivity index (χ3v) is 5.53. The molecule has 0 aliphatic heterocycles. The van der Waals surface area contributed by atoms with E-state index in [9.17, 15) is 22.4 Å². The summed E-state index contributed by atoms with van der Waals surface area (Å²) in [6, 6.07) is 11.5. The largest absolute Gasteiger partial charge is 0.418 e. The van der Waals surface area contributed by atoms with Gasteiger partial charge in [-0.15, -0.1) is 0 Å². The number of carbonyl (C=O) groups excluding carboxylic acids is 1. The molecule has 3 rings (SSSR count). The molecular formula is C23H16Cl2F4N2O. The minimum atomic E-state index is -4.76. The topological polar surface area (TPSA) is 46.3 Å². The third-order valence-electron chi connectivity index (χ3n) is 4.88. The quantitative estimate of drug-likeness (QED) is 0.397. The van der Waals surface area contributed by atoms with Crippen molar-refractivity contribution in [2.24, 2.45) is 5.73 Å². The summed E-state index contributed by atoms with van der Waals surface area (Å²) in [6.45, 7) is 3.73. The first-order chi connectivity index (χ1) is 14.9. The van der Waals surface area contributed by atoms with Crippen molar-refractivity contribution < 1.29 is 22.4 Å². The Morgan fingerprint density at radius 3 is 2.31 bits per heavy atom. The van der Waals surface area contributed by atoms with Crippen LogP contribution in [0.3, 0.4) is 0 Å². The Labute approximate surface area is 191 Å². The number of primary amides is 1. The predicted molar refractivity (Wildman–Crippen MR) is 119 cm³/mol. The highest BCUT2D eigenvalue weighted by atomic mass is 35.5. The molecule has 0 saturated carbocycles. The average molecular weight is 483 g/mol. The van der Waals surface area contributed by atoms with E-state index >= 15 is 0 Å². The number of nitrogens with zero attached hydrogens (tertiary/aromatic N) is 1. The van der Waals surface area contributed by atoms with E-state index in [1.165, 1.54) is 49.5 Å². The SMILES string of the molecule is C=C(c1c(F)cccc1Cl)N(C)c1ccc(-c2cc(C(N)=O)ccc2Cl)cc1C(F)(F)F. The zero-order valence-corrected chi connectivity index (χ0v) is 18.1. The first kappa shape index (κ1) is 23.6. The van der Waals surface area contributed by atoms with E-state index < -0.39 is 23.5 Å². The van der Waals surface area contributed by atoms with Crippen LogP contribution in [-0.2, 0) is 6.18 Å². The van der Waals surface area contributed by atoms with Crippen molar-refractivity contribution in [1.29, 1.82) is 0 Å². The summed E-state index contributed by atoms with van der Waals surface area (Å²) >= 11 is 12.2. The highest BCUT2D eigenvalue weighted by molar-refractivity contribution is 6.33. The van der Waals surface area contributed by atoms with Crippen LogP contribution < -0.4 is 10.6 Å². The molecule has 1 amide bonds. The van der Waals surface area contributed by atoms with Crippen molar-refractivity contribution in [3.8, 4) is 11.1 Å². The number of nitrogens with two attached hydrogens (primary N) is 1. The number of hydrogen-bond donors (Lipinski definition) is 1. The van der Waals surface area contributed by atoms with Crippen molar-refractivity contribution in [2.75, 3.05) is 11.9 Å². The fourth-order valence-electron chi connectivity index (χ4n) is 3.21. The van der Waals surface area contributed by atoms with Gasteiger partial charge in [-0.1, -0.05) is 41.9 Å². The number of rotatable bonds is 5. The molecule has 0 aromatic heterocycles. The predicted octanol–water partition coefficient (Wildman–Crippen LogP) is 7.02. The van der Waals surface area contributed by atoms with Gasteiger partial charge in [0, 0.05) is 28.9 Å². The molecule has 9 heteroatoms. The molecule has 0 bridgehead atoms. The number of benzene rings is 3. The molecule has 2 N–H and O–H groups in total. The van der Waals surface area contributed by atoms with Crippen molar-refractivity contribution in [3.63, 3.8) is 0 Å². The second-order valence-corrected chi connectivity index (χ2v) is 7.71. The van der Waals surface area contributed by atoms with Gasteiger partial charge >= 0.3 is 6.18 Å². The lowest BCUT2D eigenvalue weighted by Gasteiger charge is -2.27. The molecule has 0 radical (unpaired) electrons. The van der Waals surface area contributed by atoms with Crippen molar-refractivity contribution in [2.45, 2.75) is 6.18 Å². The molecule has 0 heterocycles. The Kier molecular flexibility index (Phi) is 6.53. The fraction of sp³-hybridized carbons (Fsp3) is 0.0870. The van der Waals surface area contributed by atoms with Crippen LogP contribution in [0.1, 0.15) is 21.5 Å². The molecule has 166 valence electrons. The normalized spacial score (nSPS) is 11.3. The van der Waals surface area contributed by atoms with E-state index in [2.05, 4.69) is 6.58 Å². The maximum absolute atomic E-state index is 14.3. The van der Waals surface area contributed by atoms with E-state index in [1.54, 1.807) is 0 Å². The zero-order valence-electron chi connectivity index (χ0n) is 16.6. The Bertz CT molecular complexity index is 1200. The first-order valence-electron chi connectivity index (χ1n) is 9.09. The summed E-state index contributed by atoms with van der Waals surface area (Å²) in [5.41, 5.74) is 4.26. The fourth-order valence-corrected chi connectivity index (χ4v) is 3.71. The summed E-state index contributed by atoms with van der Waals surface area (Å²) in [5, 5.41) is 0.161. The maximum Gasteiger partial charge on any atom is 0.418 e. The molecule has 0 fully saturated rings. The molecule has 3 aromatic carbocycles. The summed E-state index contributed by atoms with van der Waals surface area (Å²) < 4.78 is 56.2. The van der Waals surface area contributed by atoms with Crippen LogP contribution in [0.15, 0.2) is 61.2 Å². The van der Waals surface area contributed by atoms with Gasteiger partial charge in [0.05, 0.1) is 21.8 Å². The Morgan fingerprint density at radius 2 is 1.72 bits per heavy atom. The molecule has 0 spiro atoms. The van der Waals surface area contributed by atoms with E-state index in [4.69, 9.17) is 28.9 Å². The van der Waals surface area contributed by atoms with Crippen LogP contribution in [-0.4, -0.2) is 13.0 Å². The number of carbonyl (C=O) groups is 1. The minimum Gasteiger partial charge on any atom is -0.366 e. The van der Waals surface area contributed by atoms with Crippen LogP contribution in [0.2, 0.25) is 10.0 Å². The summed E-state index contributed by atoms with van der Waals surface area (Å²) in [4.78, 5) is 12.6. The van der Waals surface area contributed by atoms with Crippen molar-refractivity contribution >= 4 is 40.5 Å². The van der Waals surface area contributed by atoms with Gasteiger partial charge < -0.3 is 10.6 Å². The highest BCUT2D eigenvalue weighted by Gasteiger charge is 2.35. The van der Waals surface area contributed by atoms with Gasteiger partial charge in [-0.25, -0.2) is 4.39 Å². The van der Waals surface area contributed by atoms with Crippen LogP contribution in [0.25, 0.3) is 16.8 Å². The lowest BCUT2D eigenvalue weighted by atomic mass is 9.98. The highest BCUT2D eigenvalue weighted by Crippen LogP contribution is 2.42. The minimum absolute atomic E-state index is 0.0158. The summed E-state index contributed by atoms with van der Waals surface area (Å²) in [6.07, 6.45) is -4.76. The van der Waals surface area contributed by atoms with Gasteiger partial charge in [0.25, 0.3) is 0 Å². The maximum atomic E-state index is 14.3. The number of hydrogen-bond acceptors (Lipinski definition) is 2. The lowest BCUT2D eigenvalue weighted by molar-refractivity contribution is -0.137. The van der Waals surface area contributed by atoms with Crippen LogP contribution in [0.5, 0.6) is 0 Å². The van der Waals surface area contributed by atoms with Crippen molar-refractivity contribution in [3.05, 3.63) is 93.7 Å². The number of anilines is 1. The molecule has 0 saturated heterocycles. The Balaban J connectivity index is 2.14. The van der Waals surface area contributed by atoms with E-state index in [-0.39, 0.29) is 43.7 Å². The van der Waals surface area contributed by atoms with Crippen LogP contribution in [0.4, 0.5) is 23.2 Å². The molecule has 0 atom stereocenters. The van der Waals surface area contributed by atoms with Gasteiger partial charge in [0.15, 0.2) is 0 Å². The molecule has 0 aliphatic carbocycles. The van der Waals surface area contributed by atoms with Crippen molar-refractivity contribution in [1.82, 2.24) is 0 Å². The summed E-state index contributed by atoms with van der Waals surface area (Å²) in [5.74, 6) is -1.46. The van der Waals surface area contributed by atoms with E-state index in [0.717, 1.165) is 17.0 Å². The van der Waals surface area contributed by atoms with E-state index in [1.807, 2.05) is 0 Å². The van der Waals surface area contributed by atoms with Crippen LogP contribution in [0, 0.1) is 5.82 Å². The number of alkyl halides is 3. The Hall–Kier alpha value is -3.03. The second-order valence-electron chi connectivity index (χ2n) is 6.89. The molecular weight excluding hydrogens is 467 g/mol. The number of amides is 1. The Morgan fingerprint density at radius 1 is 1.03 bits per heavy atom. The van der Waals surface area contributed by atoms with E-state index in [0.29, 0.717) is 0 Å². The molecule has 3 aromatic rings. The van der Waals surface area contributed by atoms with Crippen LogP contribution >= 0.6 is 23.2 Å². The number of halogens is 6. The second kappa shape index (κ2) is 8.84. The molecule has 0 aliphatic rings. The van der Waals surface area contributed by atoms with Gasteiger partial charge in [-0.05, 0) is 48.0 Å². The average Bonchev–Trinajstić information content (AvgIpc) is 2.72. The third kappa shape index (κ3) is 4.59. The first-order valence-corrected chi connectivity index (χ1v) is 9.85. The molecule has 0 unspecified atom stereocenters. The zero-order chi connectivity index (χ0) is 23.8. The smallest absolute Gasteiger partial charge is 0.366 e. The van der Waals surface area contributed by atoms with Gasteiger partial charge in [-0.3, -0.25) is 4.79 Å². The monoisotopic (exact) mass is 482 g/mol. The lowest BCUT2D eigenvalue weighted by Crippen LogP contribution is -2.20. The summed E-state index contributed by atoms with van der Waals surface area (Å²) in [7, 11) is 1.33. The molecule has 32 heavy (non-hydrogen) atoms. The molecule has 3 nitrogen and oxygen atoms in total. The van der Waals surface area contributed by atoms with Gasteiger partial charge in [0.2, 0.25) is 5.91 Å². The van der Waals surface area contributed by atoms with Gasteiger partial charge in [0.1, 0.15) is 5.82 Å². The van der Waals surface area contributed by atoms with Gasteiger partial charge in [-0.2, -0.15) is 13.2 Å².